The van der Waals surface area contributed by atoms with E-state index >= 15 is 4.39 Å². The molecule has 0 saturated carbocycles. The van der Waals surface area contributed by atoms with Crippen LogP contribution >= 0.6 is 11.6 Å². The van der Waals surface area contributed by atoms with Gasteiger partial charge in [-0.1, -0.05) is 44.5 Å². The Morgan fingerprint density at radius 1 is 1.10 bits per heavy atom. The van der Waals surface area contributed by atoms with Crippen LogP contribution in [0.3, 0.4) is 0 Å². The van der Waals surface area contributed by atoms with E-state index in [9.17, 15) is 18.8 Å². The largest absolute Gasteiger partial charge is 0.366 e. The Hall–Kier alpha value is -3.82. The SMILES string of the molecule is CC(C)(C)CC1NC(C(=O)Nc2ccc(C(N)=O)cc2)CC12C(=O)Nc1cc(-c3cccc(Cl)c3F)c(F)cc12. The first kappa shape index (κ1) is 27.7. The van der Waals surface area contributed by atoms with Gasteiger partial charge >= 0.3 is 0 Å². The Bertz CT molecular complexity index is 1540. The van der Waals surface area contributed by atoms with Gasteiger partial charge in [0.05, 0.1) is 16.5 Å². The van der Waals surface area contributed by atoms with E-state index in [4.69, 9.17) is 17.3 Å². The summed E-state index contributed by atoms with van der Waals surface area (Å²) in [6.07, 6.45) is 0.603. The molecule has 0 aliphatic carbocycles. The fourth-order valence-corrected chi connectivity index (χ4v) is 5.91. The Kier molecular flexibility index (Phi) is 6.92. The van der Waals surface area contributed by atoms with Crippen LogP contribution < -0.4 is 21.7 Å². The van der Waals surface area contributed by atoms with Crippen molar-refractivity contribution in [1.29, 1.82) is 0 Å². The third kappa shape index (κ3) is 4.84. The summed E-state index contributed by atoms with van der Waals surface area (Å²) in [5.74, 6) is -2.76. The normalized spacial score (nSPS) is 21.8. The number of nitrogens with one attached hydrogen (secondary N) is 3. The molecule has 2 aliphatic rings. The molecular weight excluding hydrogens is 538 g/mol. The third-order valence-corrected chi connectivity index (χ3v) is 7.87. The molecule has 5 rings (SSSR count). The first-order chi connectivity index (χ1) is 18.8. The van der Waals surface area contributed by atoms with Crippen molar-refractivity contribution in [2.45, 2.75) is 51.1 Å². The molecule has 3 unspecified atom stereocenters. The number of hydrogen-bond donors (Lipinski definition) is 4. The number of carbonyl (C=O) groups is 3. The first-order valence-corrected chi connectivity index (χ1v) is 13.2. The quantitative estimate of drug-likeness (QED) is 0.332. The van der Waals surface area contributed by atoms with Gasteiger partial charge in [-0.2, -0.15) is 0 Å². The molecule has 2 aliphatic heterocycles. The molecule has 208 valence electrons. The summed E-state index contributed by atoms with van der Waals surface area (Å²) in [4.78, 5) is 38.4. The highest BCUT2D eigenvalue weighted by atomic mass is 35.5. The van der Waals surface area contributed by atoms with Gasteiger partial charge in [0.15, 0.2) is 0 Å². The van der Waals surface area contributed by atoms with Crippen LogP contribution in [0, 0.1) is 17.0 Å². The van der Waals surface area contributed by atoms with Crippen LogP contribution in [0.15, 0.2) is 54.6 Å². The molecule has 3 aromatic carbocycles. The minimum atomic E-state index is -1.23. The molecule has 0 bridgehead atoms. The van der Waals surface area contributed by atoms with Crippen molar-refractivity contribution >= 4 is 40.7 Å². The molecule has 0 aromatic heterocycles. The van der Waals surface area contributed by atoms with Gasteiger partial charge in [0.1, 0.15) is 11.6 Å². The summed E-state index contributed by atoms with van der Waals surface area (Å²) in [6.45, 7) is 6.07. The number of hydrogen-bond acceptors (Lipinski definition) is 4. The molecule has 1 spiro atoms. The number of anilines is 2. The zero-order chi connectivity index (χ0) is 29.0. The van der Waals surface area contributed by atoms with E-state index < -0.39 is 35.0 Å². The molecule has 3 amide bonds. The number of rotatable bonds is 5. The molecule has 7 nitrogen and oxygen atoms in total. The van der Waals surface area contributed by atoms with E-state index in [0.717, 1.165) is 0 Å². The minimum Gasteiger partial charge on any atom is -0.366 e. The lowest BCUT2D eigenvalue weighted by Gasteiger charge is -2.33. The number of fused-ring (bicyclic) bond motifs is 2. The average Bonchev–Trinajstić information content (AvgIpc) is 3.38. The molecule has 10 heteroatoms. The molecular formula is C30H29ClF2N4O3. The predicted octanol–water partition coefficient (Wildman–Crippen LogP) is 5.38. The van der Waals surface area contributed by atoms with Gasteiger partial charge in [0.2, 0.25) is 17.7 Å². The van der Waals surface area contributed by atoms with Gasteiger partial charge in [-0.25, -0.2) is 8.78 Å². The molecule has 0 radical (unpaired) electrons. The van der Waals surface area contributed by atoms with E-state index in [0.29, 0.717) is 28.9 Å². The second-order valence-corrected chi connectivity index (χ2v) is 12.0. The highest BCUT2D eigenvalue weighted by Crippen LogP contribution is 2.51. The Morgan fingerprint density at radius 3 is 2.45 bits per heavy atom. The molecule has 1 saturated heterocycles. The fraction of sp³-hybridized carbons (Fsp3) is 0.300. The summed E-state index contributed by atoms with van der Waals surface area (Å²) in [7, 11) is 0. The van der Waals surface area contributed by atoms with Crippen LogP contribution in [0.4, 0.5) is 20.2 Å². The van der Waals surface area contributed by atoms with Crippen molar-refractivity contribution in [2.75, 3.05) is 10.6 Å². The molecule has 1 fully saturated rings. The van der Waals surface area contributed by atoms with Crippen molar-refractivity contribution < 1.29 is 23.2 Å². The topological polar surface area (TPSA) is 113 Å². The van der Waals surface area contributed by atoms with E-state index in [1.807, 2.05) is 20.8 Å². The van der Waals surface area contributed by atoms with Crippen molar-refractivity contribution in [2.24, 2.45) is 11.1 Å². The van der Waals surface area contributed by atoms with Crippen molar-refractivity contribution in [3.8, 4) is 11.1 Å². The van der Waals surface area contributed by atoms with E-state index in [2.05, 4.69) is 16.0 Å². The second kappa shape index (κ2) is 9.98. The standard InChI is InChI=1S/C30H29ClF2N4O3/c1-29(2,3)14-24-30(13-23(36-24)27(39)35-16-9-7-15(8-10-16)26(34)38)19-12-21(32)18(11-22(19)37-28(30)40)17-5-4-6-20(31)25(17)33/h4-12,23-24,36H,13-14H2,1-3H3,(H2,34,38)(H,35,39)(H,37,40). The molecule has 2 heterocycles. The Morgan fingerprint density at radius 2 is 1.80 bits per heavy atom. The maximum Gasteiger partial charge on any atom is 0.248 e. The van der Waals surface area contributed by atoms with Gasteiger partial charge < -0.3 is 21.7 Å². The van der Waals surface area contributed by atoms with E-state index in [-0.39, 0.29) is 39.8 Å². The molecule has 5 N–H and O–H groups in total. The summed E-state index contributed by atoms with van der Waals surface area (Å²) in [5.41, 5.74) is 5.34. The lowest BCUT2D eigenvalue weighted by molar-refractivity contribution is -0.121. The lowest BCUT2D eigenvalue weighted by atomic mass is 9.69. The Labute approximate surface area is 235 Å². The monoisotopic (exact) mass is 566 g/mol. The number of carbonyl (C=O) groups excluding carboxylic acids is 3. The predicted molar refractivity (Wildman–Crippen MR) is 150 cm³/mol. The van der Waals surface area contributed by atoms with Gasteiger partial charge in [-0.15, -0.1) is 0 Å². The van der Waals surface area contributed by atoms with Gasteiger partial charge in [-0.05, 0) is 66.3 Å². The van der Waals surface area contributed by atoms with Crippen LogP contribution in [-0.2, 0) is 15.0 Å². The first-order valence-electron chi connectivity index (χ1n) is 12.9. The molecule has 3 aromatic rings. The van der Waals surface area contributed by atoms with Gasteiger partial charge in [0, 0.05) is 34.1 Å². The van der Waals surface area contributed by atoms with E-state index in [1.165, 1.54) is 42.5 Å². The van der Waals surface area contributed by atoms with Crippen molar-refractivity contribution in [3.63, 3.8) is 0 Å². The highest BCUT2D eigenvalue weighted by Gasteiger charge is 2.59. The molecule has 3 atom stereocenters. The average molecular weight is 567 g/mol. The Balaban J connectivity index is 1.51. The number of primary amides is 1. The number of amides is 3. The molecule has 40 heavy (non-hydrogen) atoms. The van der Waals surface area contributed by atoms with Crippen LogP contribution in [0.5, 0.6) is 0 Å². The van der Waals surface area contributed by atoms with Crippen LogP contribution in [0.2, 0.25) is 5.02 Å². The summed E-state index contributed by atoms with van der Waals surface area (Å²) < 4.78 is 30.4. The van der Waals surface area contributed by atoms with Crippen LogP contribution in [-0.4, -0.2) is 29.8 Å². The minimum absolute atomic E-state index is 0.0154. The maximum atomic E-state index is 15.6. The number of halogens is 3. The number of nitrogens with two attached hydrogens (primary N) is 1. The van der Waals surface area contributed by atoms with Crippen LogP contribution in [0.25, 0.3) is 11.1 Å². The van der Waals surface area contributed by atoms with Crippen molar-refractivity contribution in [1.82, 2.24) is 5.32 Å². The third-order valence-electron chi connectivity index (χ3n) is 7.58. The lowest BCUT2D eigenvalue weighted by Crippen LogP contribution is -2.48. The van der Waals surface area contributed by atoms with Crippen LogP contribution in [0.1, 0.15) is 49.5 Å². The maximum absolute atomic E-state index is 15.6. The number of benzene rings is 3. The van der Waals surface area contributed by atoms with Gasteiger partial charge in [0.25, 0.3) is 0 Å². The van der Waals surface area contributed by atoms with Gasteiger partial charge in [-0.3, -0.25) is 14.4 Å². The smallest absolute Gasteiger partial charge is 0.248 e. The fourth-order valence-electron chi connectivity index (χ4n) is 5.74. The van der Waals surface area contributed by atoms with E-state index in [1.54, 1.807) is 12.1 Å². The summed E-state index contributed by atoms with van der Waals surface area (Å²) in [6, 6.07) is 11.9. The second-order valence-electron chi connectivity index (χ2n) is 11.6. The van der Waals surface area contributed by atoms with Crippen molar-refractivity contribution in [3.05, 3.63) is 82.4 Å². The zero-order valence-corrected chi connectivity index (χ0v) is 23.0. The zero-order valence-electron chi connectivity index (χ0n) is 22.2. The summed E-state index contributed by atoms with van der Waals surface area (Å²) in [5, 5.41) is 8.88. The summed E-state index contributed by atoms with van der Waals surface area (Å²) >= 11 is 5.93. The highest BCUT2D eigenvalue weighted by molar-refractivity contribution is 6.31.